The van der Waals surface area contributed by atoms with Crippen LogP contribution in [0.3, 0.4) is 0 Å². The SMILES string of the molecule is Cc1ccc(-c2ccnc3c(C(=O)Nc4ccn(Cc5ccc(Cl)cc5)n4)cnn23)cc1. The third-order valence-corrected chi connectivity index (χ3v) is 5.39. The van der Waals surface area contributed by atoms with Gasteiger partial charge in [-0.3, -0.25) is 9.48 Å². The third-order valence-electron chi connectivity index (χ3n) is 5.13. The van der Waals surface area contributed by atoms with E-state index in [4.69, 9.17) is 11.6 Å². The lowest BCUT2D eigenvalue weighted by Gasteiger charge is -2.06. The molecule has 0 atom stereocenters. The van der Waals surface area contributed by atoms with Crippen LogP contribution in [0.4, 0.5) is 5.82 Å². The third kappa shape index (κ3) is 3.98. The van der Waals surface area contributed by atoms with Crippen LogP contribution in [0.5, 0.6) is 0 Å². The van der Waals surface area contributed by atoms with Crippen LogP contribution in [0.15, 0.2) is 79.3 Å². The van der Waals surface area contributed by atoms with Crippen molar-refractivity contribution in [1.29, 1.82) is 0 Å². The van der Waals surface area contributed by atoms with Gasteiger partial charge in [-0.15, -0.1) is 0 Å². The van der Waals surface area contributed by atoms with Crippen LogP contribution in [-0.2, 0) is 6.54 Å². The molecule has 158 valence electrons. The van der Waals surface area contributed by atoms with Crippen molar-refractivity contribution in [2.24, 2.45) is 0 Å². The van der Waals surface area contributed by atoms with Gasteiger partial charge in [0.25, 0.3) is 5.91 Å². The first-order valence-electron chi connectivity index (χ1n) is 10.1. The van der Waals surface area contributed by atoms with Crippen molar-refractivity contribution in [2.45, 2.75) is 13.5 Å². The second kappa shape index (κ2) is 8.28. The highest BCUT2D eigenvalue weighted by molar-refractivity contribution is 6.30. The largest absolute Gasteiger partial charge is 0.305 e. The Labute approximate surface area is 189 Å². The molecule has 3 heterocycles. The van der Waals surface area contributed by atoms with E-state index in [0.29, 0.717) is 28.6 Å². The summed E-state index contributed by atoms with van der Waals surface area (Å²) in [6.07, 6.45) is 5.03. The van der Waals surface area contributed by atoms with Crippen molar-refractivity contribution in [3.05, 3.63) is 101 Å². The molecule has 0 aliphatic rings. The average Bonchev–Trinajstić information content (AvgIpc) is 3.42. The van der Waals surface area contributed by atoms with Crippen LogP contribution >= 0.6 is 11.6 Å². The van der Waals surface area contributed by atoms with Crippen molar-refractivity contribution in [3.63, 3.8) is 0 Å². The van der Waals surface area contributed by atoms with E-state index in [0.717, 1.165) is 16.8 Å². The highest BCUT2D eigenvalue weighted by Crippen LogP contribution is 2.22. The van der Waals surface area contributed by atoms with E-state index < -0.39 is 0 Å². The normalized spacial score (nSPS) is 11.1. The molecule has 1 N–H and O–H groups in total. The van der Waals surface area contributed by atoms with Crippen molar-refractivity contribution in [3.8, 4) is 11.3 Å². The lowest BCUT2D eigenvalue weighted by Crippen LogP contribution is -2.13. The van der Waals surface area contributed by atoms with Gasteiger partial charge in [0.15, 0.2) is 11.5 Å². The summed E-state index contributed by atoms with van der Waals surface area (Å²) >= 11 is 5.94. The van der Waals surface area contributed by atoms with Gasteiger partial charge in [-0.25, -0.2) is 9.50 Å². The second-order valence-corrected chi connectivity index (χ2v) is 7.91. The first-order valence-corrected chi connectivity index (χ1v) is 10.4. The summed E-state index contributed by atoms with van der Waals surface area (Å²) in [6.45, 7) is 2.62. The molecule has 0 saturated carbocycles. The van der Waals surface area contributed by atoms with Crippen LogP contribution in [0.1, 0.15) is 21.5 Å². The summed E-state index contributed by atoms with van der Waals surface area (Å²) < 4.78 is 3.43. The molecule has 3 aromatic heterocycles. The monoisotopic (exact) mass is 442 g/mol. The molecule has 0 aliphatic carbocycles. The first kappa shape index (κ1) is 20.0. The molecular weight excluding hydrogens is 424 g/mol. The van der Waals surface area contributed by atoms with E-state index in [1.165, 1.54) is 11.8 Å². The van der Waals surface area contributed by atoms with E-state index in [1.807, 2.05) is 67.7 Å². The number of anilines is 1. The molecule has 8 heteroatoms. The lowest BCUT2D eigenvalue weighted by atomic mass is 10.1. The van der Waals surface area contributed by atoms with E-state index >= 15 is 0 Å². The molecule has 32 heavy (non-hydrogen) atoms. The molecule has 5 rings (SSSR count). The maximum Gasteiger partial charge on any atom is 0.262 e. The summed E-state index contributed by atoms with van der Waals surface area (Å²) in [5, 5.41) is 12.4. The van der Waals surface area contributed by atoms with Crippen LogP contribution in [0.25, 0.3) is 16.9 Å². The summed E-state index contributed by atoms with van der Waals surface area (Å²) in [6, 6.07) is 19.3. The van der Waals surface area contributed by atoms with Crippen molar-refractivity contribution >= 4 is 29.0 Å². The number of carbonyl (C=O) groups excluding carboxylic acids is 1. The molecule has 0 fully saturated rings. The van der Waals surface area contributed by atoms with Gasteiger partial charge in [0.1, 0.15) is 5.56 Å². The quantitative estimate of drug-likeness (QED) is 0.422. The number of nitrogens with one attached hydrogen (secondary N) is 1. The maximum atomic E-state index is 12.9. The molecule has 0 aliphatic heterocycles. The number of rotatable bonds is 5. The fraction of sp³-hybridized carbons (Fsp3) is 0.0833. The van der Waals surface area contributed by atoms with Gasteiger partial charge in [0.05, 0.1) is 18.4 Å². The van der Waals surface area contributed by atoms with Crippen molar-refractivity contribution < 1.29 is 4.79 Å². The van der Waals surface area contributed by atoms with Crippen molar-refractivity contribution in [2.75, 3.05) is 5.32 Å². The molecule has 7 nitrogen and oxygen atoms in total. The highest BCUT2D eigenvalue weighted by atomic mass is 35.5. The number of nitrogens with zero attached hydrogens (tertiary/aromatic N) is 5. The van der Waals surface area contributed by atoms with Crippen LogP contribution < -0.4 is 5.32 Å². The zero-order valence-corrected chi connectivity index (χ0v) is 18.0. The molecule has 2 aromatic carbocycles. The Kier molecular flexibility index (Phi) is 5.17. The molecule has 1 amide bonds. The Morgan fingerprint density at radius 3 is 2.59 bits per heavy atom. The number of aromatic nitrogens is 5. The van der Waals surface area contributed by atoms with E-state index in [1.54, 1.807) is 21.5 Å². The van der Waals surface area contributed by atoms with Crippen LogP contribution in [0, 0.1) is 6.92 Å². The minimum absolute atomic E-state index is 0.315. The van der Waals surface area contributed by atoms with Gasteiger partial charge >= 0.3 is 0 Å². The number of aryl methyl sites for hydroxylation is 1. The maximum absolute atomic E-state index is 12.9. The van der Waals surface area contributed by atoms with Crippen LogP contribution in [0.2, 0.25) is 5.02 Å². The molecule has 0 unspecified atom stereocenters. The topological polar surface area (TPSA) is 77.1 Å². The predicted molar refractivity (Wildman–Crippen MR) is 124 cm³/mol. The van der Waals surface area contributed by atoms with Crippen LogP contribution in [-0.4, -0.2) is 30.3 Å². The Morgan fingerprint density at radius 1 is 1.03 bits per heavy atom. The van der Waals surface area contributed by atoms with Gasteiger partial charge in [-0.2, -0.15) is 10.2 Å². The Bertz CT molecular complexity index is 1400. The van der Waals surface area contributed by atoms with E-state index in [2.05, 4.69) is 20.5 Å². The molecule has 0 spiro atoms. The van der Waals surface area contributed by atoms with E-state index in [9.17, 15) is 4.79 Å². The first-order chi connectivity index (χ1) is 15.6. The fourth-order valence-electron chi connectivity index (χ4n) is 3.47. The summed E-state index contributed by atoms with van der Waals surface area (Å²) in [4.78, 5) is 17.3. The molecular formula is C24H19ClN6O. The van der Waals surface area contributed by atoms with Gasteiger partial charge in [-0.05, 0) is 30.7 Å². The summed E-state index contributed by atoms with van der Waals surface area (Å²) in [5.74, 6) is 0.142. The average molecular weight is 443 g/mol. The van der Waals surface area contributed by atoms with E-state index in [-0.39, 0.29) is 5.91 Å². The van der Waals surface area contributed by atoms with Gasteiger partial charge in [0, 0.05) is 29.0 Å². The lowest BCUT2D eigenvalue weighted by molar-refractivity contribution is 0.102. The minimum Gasteiger partial charge on any atom is -0.305 e. The fourth-order valence-corrected chi connectivity index (χ4v) is 3.60. The number of fused-ring (bicyclic) bond motifs is 1. The molecule has 0 saturated heterocycles. The standard InChI is InChI=1S/C24H19ClN6O/c1-16-2-6-18(7-3-16)21-10-12-26-23-20(14-27-31(21)23)24(32)28-22-11-13-30(29-22)15-17-4-8-19(25)9-5-17/h2-14H,15H2,1H3,(H,28,29,32). The number of carbonyl (C=O) groups is 1. The van der Waals surface area contributed by atoms with Gasteiger partial charge in [-0.1, -0.05) is 53.6 Å². The number of halogens is 1. The number of benzene rings is 2. The number of hydrogen-bond acceptors (Lipinski definition) is 4. The van der Waals surface area contributed by atoms with Crippen molar-refractivity contribution in [1.82, 2.24) is 24.4 Å². The summed E-state index contributed by atoms with van der Waals surface area (Å²) in [7, 11) is 0. The molecule has 5 aromatic rings. The Balaban J connectivity index is 1.36. The molecule has 0 radical (unpaired) electrons. The highest BCUT2D eigenvalue weighted by Gasteiger charge is 2.17. The second-order valence-electron chi connectivity index (χ2n) is 7.47. The smallest absolute Gasteiger partial charge is 0.262 e. The number of hydrogen-bond donors (Lipinski definition) is 1. The predicted octanol–water partition coefficient (Wildman–Crippen LogP) is 4.86. The number of amides is 1. The zero-order valence-electron chi connectivity index (χ0n) is 17.2. The minimum atomic E-state index is -0.315. The van der Waals surface area contributed by atoms with Gasteiger partial charge < -0.3 is 5.32 Å². The van der Waals surface area contributed by atoms with Gasteiger partial charge in [0.2, 0.25) is 0 Å². The Morgan fingerprint density at radius 2 is 1.81 bits per heavy atom. The molecule has 0 bridgehead atoms. The zero-order chi connectivity index (χ0) is 22.1. The summed E-state index contributed by atoms with van der Waals surface area (Å²) in [5.41, 5.74) is 4.97. The Hall–Kier alpha value is -3.97.